The summed E-state index contributed by atoms with van der Waals surface area (Å²) in [5, 5.41) is 0. The van der Waals surface area contributed by atoms with Gasteiger partial charge in [0.05, 0.1) is 13.7 Å². The lowest BCUT2D eigenvalue weighted by molar-refractivity contribution is -0.142. The normalized spacial score (nSPS) is 24.8. The number of hydrogen-bond acceptors (Lipinski definition) is 4. The van der Waals surface area contributed by atoms with E-state index in [2.05, 4.69) is 9.80 Å². The standard InChI is InChI=1S/C13H24N2O2/c1-17-13(16)11-14-9-5-12(6-10-14)15-7-3-2-4-8-15/h12H,2-11H2,1H3. The number of methoxy groups -OCH3 is 1. The van der Waals surface area contributed by atoms with Gasteiger partial charge >= 0.3 is 5.97 Å². The van der Waals surface area contributed by atoms with Crippen LogP contribution in [0.4, 0.5) is 0 Å². The highest BCUT2D eigenvalue weighted by atomic mass is 16.5. The summed E-state index contributed by atoms with van der Waals surface area (Å²) in [7, 11) is 1.46. The second-order valence-corrected chi connectivity index (χ2v) is 5.18. The minimum atomic E-state index is -0.110. The Labute approximate surface area is 104 Å². The van der Waals surface area contributed by atoms with E-state index in [1.807, 2.05) is 0 Å². The van der Waals surface area contributed by atoms with Crippen molar-refractivity contribution < 1.29 is 9.53 Å². The first-order valence-electron chi connectivity index (χ1n) is 6.83. The van der Waals surface area contributed by atoms with Crippen LogP contribution < -0.4 is 0 Å². The summed E-state index contributed by atoms with van der Waals surface area (Å²) >= 11 is 0. The topological polar surface area (TPSA) is 32.8 Å². The van der Waals surface area contributed by atoms with E-state index in [9.17, 15) is 4.79 Å². The molecule has 98 valence electrons. The molecule has 17 heavy (non-hydrogen) atoms. The van der Waals surface area contributed by atoms with Crippen LogP contribution in [0.3, 0.4) is 0 Å². The molecule has 2 aliphatic heterocycles. The van der Waals surface area contributed by atoms with Gasteiger partial charge in [0, 0.05) is 19.1 Å². The molecule has 0 amide bonds. The van der Waals surface area contributed by atoms with E-state index in [1.54, 1.807) is 0 Å². The van der Waals surface area contributed by atoms with Gasteiger partial charge in [0.15, 0.2) is 0 Å². The second kappa shape index (κ2) is 6.36. The highest BCUT2D eigenvalue weighted by molar-refractivity contribution is 5.71. The van der Waals surface area contributed by atoms with Crippen LogP contribution in [0.5, 0.6) is 0 Å². The molecule has 0 aromatic heterocycles. The molecule has 2 rings (SSSR count). The Bertz CT molecular complexity index is 244. The highest BCUT2D eigenvalue weighted by Crippen LogP contribution is 2.20. The third-order valence-electron chi connectivity index (χ3n) is 4.04. The van der Waals surface area contributed by atoms with Crippen molar-refractivity contribution in [1.82, 2.24) is 9.80 Å². The van der Waals surface area contributed by atoms with Crippen molar-refractivity contribution in [2.24, 2.45) is 0 Å². The Morgan fingerprint density at radius 1 is 1.12 bits per heavy atom. The van der Waals surface area contributed by atoms with Crippen LogP contribution in [-0.2, 0) is 9.53 Å². The fraction of sp³-hybridized carbons (Fsp3) is 0.923. The van der Waals surface area contributed by atoms with Gasteiger partial charge in [0.1, 0.15) is 0 Å². The zero-order valence-electron chi connectivity index (χ0n) is 10.9. The van der Waals surface area contributed by atoms with Crippen molar-refractivity contribution in [1.29, 1.82) is 0 Å². The predicted molar refractivity (Wildman–Crippen MR) is 66.9 cm³/mol. The maximum atomic E-state index is 11.2. The number of likely N-dealkylation sites (tertiary alicyclic amines) is 2. The highest BCUT2D eigenvalue weighted by Gasteiger charge is 2.26. The predicted octanol–water partition coefficient (Wildman–Crippen LogP) is 1.11. The molecule has 2 heterocycles. The number of hydrogen-bond donors (Lipinski definition) is 0. The second-order valence-electron chi connectivity index (χ2n) is 5.18. The van der Waals surface area contributed by atoms with Gasteiger partial charge < -0.3 is 9.64 Å². The molecule has 0 radical (unpaired) electrons. The van der Waals surface area contributed by atoms with Crippen LogP contribution >= 0.6 is 0 Å². The quantitative estimate of drug-likeness (QED) is 0.692. The summed E-state index contributed by atoms with van der Waals surface area (Å²) in [6.07, 6.45) is 6.54. The van der Waals surface area contributed by atoms with Crippen molar-refractivity contribution in [3.63, 3.8) is 0 Å². The van der Waals surface area contributed by atoms with E-state index in [0.717, 1.165) is 19.1 Å². The molecule has 0 aromatic rings. The lowest BCUT2D eigenvalue weighted by Crippen LogP contribution is -2.47. The van der Waals surface area contributed by atoms with Crippen molar-refractivity contribution in [3.8, 4) is 0 Å². The SMILES string of the molecule is COC(=O)CN1CCC(N2CCCCC2)CC1. The fourth-order valence-corrected chi connectivity index (χ4v) is 2.97. The van der Waals surface area contributed by atoms with E-state index < -0.39 is 0 Å². The smallest absolute Gasteiger partial charge is 0.319 e. The van der Waals surface area contributed by atoms with Crippen molar-refractivity contribution in [2.45, 2.75) is 38.1 Å². The maximum Gasteiger partial charge on any atom is 0.319 e. The first-order valence-corrected chi connectivity index (χ1v) is 6.83. The Hall–Kier alpha value is -0.610. The van der Waals surface area contributed by atoms with Crippen LogP contribution in [0, 0.1) is 0 Å². The minimum absolute atomic E-state index is 0.110. The number of carbonyl (C=O) groups excluding carboxylic acids is 1. The van der Waals surface area contributed by atoms with Crippen LogP contribution in [0.1, 0.15) is 32.1 Å². The average molecular weight is 240 g/mol. The van der Waals surface area contributed by atoms with Crippen molar-refractivity contribution in [3.05, 3.63) is 0 Å². The monoisotopic (exact) mass is 240 g/mol. The fourth-order valence-electron chi connectivity index (χ4n) is 2.97. The molecule has 0 saturated carbocycles. The van der Waals surface area contributed by atoms with E-state index in [0.29, 0.717) is 6.54 Å². The number of carbonyl (C=O) groups is 1. The van der Waals surface area contributed by atoms with E-state index in [4.69, 9.17) is 4.74 Å². The van der Waals surface area contributed by atoms with Crippen molar-refractivity contribution in [2.75, 3.05) is 39.8 Å². The Balaban J connectivity index is 1.71. The minimum Gasteiger partial charge on any atom is -0.468 e. The molecule has 2 aliphatic rings. The summed E-state index contributed by atoms with van der Waals surface area (Å²) in [6.45, 7) is 5.10. The number of rotatable bonds is 3. The van der Waals surface area contributed by atoms with Crippen LogP contribution in [0.15, 0.2) is 0 Å². The zero-order chi connectivity index (χ0) is 12.1. The van der Waals surface area contributed by atoms with Crippen LogP contribution in [-0.4, -0.2) is 61.6 Å². The van der Waals surface area contributed by atoms with E-state index in [-0.39, 0.29) is 5.97 Å². The lowest BCUT2D eigenvalue weighted by atomic mass is 10.00. The molecular weight excluding hydrogens is 216 g/mol. The van der Waals surface area contributed by atoms with Crippen LogP contribution in [0.25, 0.3) is 0 Å². The summed E-state index contributed by atoms with van der Waals surface area (Å²) in [5.41, 5.74) is 0. The molecule has 2 fully saturated rings. The average Bonchev–Trinajstić information content (AvgIpc) is 2.40. The molecule has 0 unspecified atom stereocenters. The van der Waals surface area contributed by atoms with Gasteiger partial charge in [-0.15, -0.1) is 0 Å². The summed E-state index contributed by atoms with van der Waals surface area (Å²) in [5.74, 6) is -0.110. The van der Waals surface area contributed by atoms with Gasteiger partial charge in [-0.05, 0) is 38.8 Å². The lowest BCUT2D eigenvalue weighted by Gasteiger charge is -2.39. The molecule has 0 atom stereocenters. The third kappa shape index (κ3) is 3.68. The first-order chi connectivity index (χ1) is 8.29. The number of esters is 1. The molecule has 4 nitrogen and oxygen atoms in total. The molecule has 0 bridgehead atoms. The molecule has 4 heteroatoms. The number of piperidine rings is 2. The Morgan fingerprint density at radius 3 is 2.35 bits per heavy atom. The first kappa shape index (κ1) is 12.8. The number of nitrogens with zero attached hydrogens (tertiary/aromatic N) is 2. The van der Waals surface area contributed by atoms with E-state index in [1.165, 1.54) is 52.3 Å². The zero-order valence-corrected chi connectivity index (χ0v) is 10.9. The summed E-state index contributed by atoms with van der Waals surface area (Å²) < 4.78 is 4.71. The molecule has 0 aromatic carbocycles. The Morgan fingerprint density at radius 2 is 1.76 bits per heavy atom. The number of ether oxygens (including phenoxy) is 1. The van der Waals surface area contributed by atoms with E-state index >= 15 is 0 Å². The molecule has 0 N–H and O–H groups in total. The van der Waals surface area contributed by atoms with Gasteiger partial charge in [-0.1, -0.05) is 6.42 Å². The molecule has 0 aliphatic carbocycles. The largest absolute Gasteiger partial charge is 0.468 e. The van der Waals surface area contributed by atoms with Gasteiger partial charge in [0.2, 0.25) is 0 Å². The van der Waals surface area contributed by atoms with Gasteiger partial charge in [-0.2, -0.15) is 0 Å². The summed E-state index contributed by atoms with van der Waals surface area (Å²) in [4.78, 5) is 16.1. The van der Waals surface area contributed by atoms with Gasteiger partial charge in [-0.3, -0.25) is 9.69 Å². The summed E-state index contributed by atoms with van der Waals surface area (Å²) in [6, 6.07) is 0.754. The maximum absolute atomic E-state index is 11.2. The molecule has 2 saturated heterocycles. The van der Waals surface area contributed by atoms with Gasteiger partial charge in [0.25, 0.3) is 0 Å². The molecular formula is C13H24N2O2. The molecule has 0 spiro atoms. The third-order valence-corrected chi connectivity index (χ3v) is 4.04. The Kier molecular flexibility index (Phi) is 4.80. The van der Waals surface area contributed by atoms with Crippen molar-refractivity contribution >= 4 is 5.97 Å². The van der Waals surface area contributed by atoms with Crippen LogP contribution in [0.2, 0.25) is 0 Å². The van der Waals surface area contributed by atoms with Gasteiger partial charge in [-0.25, -0.2) is 0 Å².